The average Bonchev–Trinajstić information content (AvgIpc) is 3.10. The molecule has 3 nitrogen and oxygen atoms in total. The fraction of sp³-hybridized carbons (Fsp3) is 0.611. The largest absolute Gasteiger partial charge is 0.494 e. The molecule has 0 aliphatic heterocycles. The van der Waals surface area contributed by atoms with Gasteiger partial charge in [0.1, 0.15) is 5.75 Å². The molecule has 3 heteroatoms. The van der Waals surface area contributed by atoms with Gasteiger partial charge in [0.05, 0.1) is 6.61 Å². The standard InChI is InChI=1S/C18H25NO2/c20-18(13-16-12-14-7-8-15(16)11-14)19-9-4-10-21-17-5-2-1-3-6-17/h1-3,5-6,14-16H,4,7-13H2,(H,19,20). The number of fused-ring (bicyclic) bond motifs is 2. The number of hydrogen-bond donors (Lipinski definition) is 1. The quantitative estimate of drug-likeness (QED) is 0.781. The van der Waals surface area contributed by atoms with Crippen LogP contribution in [0.3, 0.4) is 0 Å². The van der Waals surface area contributed by atoms with E-state index in [2.05, 4.69) is 5.32 Å². The maximum atomic E-state index is 12.0. The molecule has 2 bridgehead atoms. The first-order chi connectivity index (χ1) is 10.3. The molecule has 0 aromatic heterocycles. The Hall–Kier alpha value is -1.51. The molecule has 3 unspecified atom stereocenters. The van der Waals surface area contributed by atoms with Crippen molar-refractivity contribution in [2.75, 3.05) is 13.2 Å². The highest BCUT2D eigenvalue weighted by Crippen LogP contribution is 2.49. The van der Waals surface area contributed by atoms with Crippen LogP contribution in [-0.4, -0.2) is 19.1 Å². The number of hydrogen-bond acceptors (Lipinski definition) is 2. The van der Waals surface area contributed by atoms with E-state index in [0.29, 0.717) is 19.1 Å². The van der Waals surface area contributed by atoms with E-state index >= 15 is 0 Å². The Labute approximate surface area is 127 Å². The SMILES string of the molecule is O=C(CC1CC2CCC1C2)NCCCOc1ccccc1. The highest BCUT2D eigenvalue weighted by atomic mass is 16.5. The van der Waals surface area contributed by atoms with Crippen LogP contribution in [0.25, 0.3) is 0 Å². The minimum absolute atomic E-state index is 0.229. The number of rotatable bonds is 7. The molecule has 2 aliphatic carbocycles. The van der Waals surface area contributed by atoms with E-state index in [0.717, 1.165) is 30.4 Å². The number of para-hydroxylation sites is 1. The Morgan fingerprint density at radius 1 is 1.19 bits per heavy atom. The summed E-state index contributed by atoms with van der Waals surface area (Å²) in [6.07, 6.45) is 7.02. The molecule has 2 fully saturated rings. The van der Waals surface area contributed by atoms with Gasteiger partial charge < -0.3 is 10.1 Å². The molecule has 3 atom stereocenters. The maximum Gasteiger partial charge on any atom is 0.220 e. The van der Waals surface area contributed by atoms with Crippen molar-refractivity contribution in [2.24, 2.45) is 17.8 Å². The topological polar surface area (TPSA) is 38.3 Å². The molecule has 0 heterocycles. The molecule has 1 N–H and O–H groups in total. The number of benzene rings is 1. The zero-order valence-corrected chi connectivity index (χ0v) is 12.6. The van der Waals surface area contributed by atoms with Crippen molar-refractivity contribution in [3.05, 3.63) is 30.3 Å². The third kappa shape index (κ3) is 3.99. The summed E-state index contributed by atoms with van der Waals surface area (Å²) in [5.74, 6) is 3.54. The second-order valence-electron chi connectivity index (χ2n) is 6.50. The number of carbonyl (C=O) groups is 1. The van der Waals surface area contributed by atoms with E-state index in [1.807, 2.05) is 30.3 Å². The van der Waals surface area contributed by atoms with E-state index in [9.17, 15) is 4.79 Å². The van der Waals surface area contributed by atoms with Gasteiger partial charge in [-0.25, -0.2) is 0 Å². The van der Waals surface area contributed by atoms with Crippen molar-refractivity contribution in [3.63, 3.8) is 0 Å². The van der Waals surface area contributed by atoms with E-state index < -0.39 is 0 Å². The summed E-state index contributed by atoms with van der Waals surface area (Å²) in [7, 11) is 0. The van der Waals surface area contributed by atoms with Crippen LogP contribution in [0.5, 0.6) is 5.75 Å². The predicted octanol–water partition coefficient (Wildman–Crippen LogP) is 3.40. The zero-order chi connectivity index (χ0) is 14.5. The minimum atomic E-state index is 0.229. The van der Waals surface area contributed by atoms with E-state index in [1.54, 1.807) is 0 Å². The smallest absolute Gasteiger partial charge is 0.220 e. The third-order valence-corrected chi connectivity index (χ3v) is 4.99. The highest BCUT2D eigenvalue weighted by molar-refractivity contribution is 5.76. The molecule has 2 saturated carbocycles. The van der Waals surface area contributed by atoms with Crippen LogP contribution in [0.4, 0.5) is 0 Å². The van der Waals surface area contributed by atoms with Gasteiger partial charge in [-0.05, 0) is 55.6 Å². The molecule has 0 saturated heterocycles. The normalized spacial score (nSPS) is 26.8. The van der Waals surface area contributed by atoms with Crippen LogP contribution in [0.15, 0.2) is 30.3 Å². The first kappa shape index (κ1) is 14.4. The Morgan fingerprint density at radius 3 is 2.76 bits per heavy atom. The maximum absolute atomic E-state index is 12.0. The Balaban J connectivity index is 1.26. The lowest BCUT2D eigenvalue weighted by atomic mass is 9.86. The summed E-state index contributed by atoms with van der Waals surface area (Å²) in [5, 5.41) is 3.04. The summed E-state index contributed by atoms with van der Waals surface area (Å²) in [6, 6.07) is 9.81. The van der Waals surface area contributed by atoms with Crippen LogP contribution in [0, 0.1) is 17.8 Å². The lowest BCUT2D eigenvalue weighted by Gasteiger charge is -2.20. The molecule has 2 aliphatic rings. The van der Waals surface area contributed by atoms with Crippen molar-refractivity contribution in [1.82, 2.24) is 5.32 Å². The molecule has 3 rings (SSSR count). The molecule has 0 radical (unpaired) electrons. The molecule has 1 aromatic carbocycles. The molecule has 21 heavy (non-hydrogen) atoms. The third-order valence-electron chi connectivity index (χ3n) is 4.99. The van der Waals surface area contributed by atoms with Crippen LogP contribution in [0.1, 0.15) is 38.5 Å². The lowest BCUT2D eigenvalue weighted by Crippen LogP contribution is -2.28. The van der Waals surface area contributed by atoms with Crippen molar-refractivity contribution in [2.45, 2.75) is 38.5 Å². The molecule has 0 spiro atoms. The first-order valence-corrected chi connectivity index (χ1v) is 8.26. The van der Waals surface area contributed by atoms with Crippen molar-refractivity contribution in [1.29, 1.82) is 0 Å². The van der Waals surface area contributed by atoms with Gasteiger partial charge in [-0.2, -0.15) is 0 Å². The fourth-order valence-corrected chi connectivity index (χ4v) is 3.94. The molecule has 1 amide bonds. The Bertz CT molecular complexity index is 460. The van der Waals surface area contributed by atoms with Gasteiger partial charge in [0.2, 0.25) is 5.91 Å². The van der Waals surface area contributed by atoms with Crippen molar-refractivity contribution in [3.8, 4) is 5.75 Å². The summed E-state index contributed by atoms with van der Waals surface area (Å²) in [5.41, 5.74) is 0. The molecular formula is C18H25NO2. The van der Waals surface area contributed by atoms with Crippen LogP contribution in [0.2, 0.25) is 0 Å². The van der Waals surface area contributed by atoms with Crippen molar-refractivity contribution >= 4 is 5.91 Å². The van der Waals surface area contributed by atoms with Gasteiger partial charge in [0.25, 0.3) is 0 Å². The summed E-state index contributed by atoms with van der Waals surface area (Å²) in [4.78, 5) is 12.0. The highest BCUT2D eigenvalue weighted by Gasteiger charge is 2.39. The number of carbonyl (C=O) groups excluding carboxylic acids is 1. The van der Waals surface area contributed by atoms with Crippen LogP contribution < -0.4 is 10.1 Å². The van der Waals surface area contributed by atoms with Gasteiger partial charge in [0.15, 0.2) is 0 Å². The first-order valence-electron chi connectivity index (χ1n) is 8.26. The van der Waals surface area contributed by atoms with Crippen molar-refractivity contribution < 1.29 is 9.53 Å². The number of amides is 1. The zero-order valence-electron chi connectivity index (χ0n) is 12.6. The van der Waals surface area contributed by atoms with Gasteiger partial charge >= 0.3 is 0 Å². The molecular weight excluding hydrogens is 262 g/mol. The summed E-state index contributed by atoms with van der Waals surface area (Å²) < 4.78 is 5.61. The summed E-state index contributed by atoms with van der Waals surface area (Å²) in [6.45, 7) is 1.37. The predicted molar refractivity (Wildman–Crippen MR) is 83.1 cm³/mol. The van der Waals surface area contributed by atoms with E-state index in [1.165, 1.54) is 25.7 Å². The summed E-state index contributed by atoms with van der Waals surface area (Å²) >= 11 is 0. The number of ether oxygens (including phenoxy) is 1. The van der Waals surface area contributed by atoms with Gasteiger partial charge in [0, 0.05) is 13.0 Å². The minimum Gasteiger partial charge on any atom is -0.494 e. The average molecular weight is 287 g/mol. The Morgan fingerprint density at radius 2 is 2.05 bits per heavy atom. The molecule has 1 aromatic rings. The Kier molecular flexibility index (Phi) is 4.79. The second-order valence-corrected chi connectivity index (χ2v) is 6.50. The van der Waals surface area contributed by atoms with Gasteiger partial charge in [-0.1, -0.05) is 24.6 Å². The van der Waals surface area contributed by atoms with E-state index in [4.69, 9.17) is 4.74 Å². The monoisotopic (exact) mass is 287 g/mol. The van der Waals surface area contributed by atoms with E-state index in [-0.39, 0.29) is 5.91 Å². The van der Waals surface area contributed by atoms with Gasteiger partial charge in [-0.15, -0.1) is 0 Å². The van der Waals surface area contributed by atoms with Crippen LogP contribution in [-0.2, 0) is 4.79 Å². The number of nitrogens with one attached hydrogen (secondary N) is 1. The lowest BCUT2D eigenvalue weighted by molar-refractivity contribution is -0.122. The second kappa shape index (κ2) is 6.97. The van der Waals surface area contributed by atoms with Gasteiger partial charge in [-0.3, -0.25) is 4.79 Å². The van der Waals surface area contributed by atoms with Crippen LogP contribution >= 0.6 is 0 Å². The fourth-order valence-electron chi connectivity index (χ4n) is 3.94. The molecule has 114 valence electrons.